The molecule has 1 aliphatic heterocycles. The quantitative estimate of drug-likeness (QED) is 0.365. The second-order valence-corrected chi connectivity index (χ2v) is 6.65. The Kier molecular flexibility index (Phi) is 8.38. The summed E-state index contributed by atoms with van der Waals surface area (Å²) >= 11 is 0. The zero-order valence-electron chi connectivity index (χ0n) is 18.2. The number of hydrogen-bond donors (Lipinski definition) is 2. The van der Waals surface area contributed by atoms with Gasteiger partial charge in [-0.15, -0.1) is 0 Å². The lowest BCUT2D eigenvalue weighted by atomic mass is 10.0. The summed E-state index contributed by atoms with van der Waals surface area (Å²) in [5.41, 5.74) is 0.145. The normalized spacial score (nSPS) is 15.6. The molecule has 1 aromatic rings. The van der Waals surface area contributed by atoms with E-state index in [2.05, 4.69) is 15.4 Å². The van der Waals surface area contributed by atoms with Crippen molar-refractivity contribution >= 4 is 29.6 Å². The molecule has 0 unspecified atom stereocenters. The Bertz CT molecular complexity index is 891. The van der Waals surface area contributed by atoms with E-state index in [1.807, 2.05) is 0 Å². The fourth-order valence-electron chi connectivity index (χ4n) is 3.03. The molecular formula is C20H25N3O9. The van der Waals surface area contributed by atoms with Gasteiger partial charge in [0.05, 0.1) is 28.4 Å². The molecule has 12 nitrogen and oxygen atoms in total. The molecule has 12 heteroatoms. The number of esters is 1. The minimum Gasteiger partial charge on any atom is -0.493 e. The van der Waals surface area contributed by atoms with Crippen LogP contribution in [0.2, 0.25) is 0 Å². The van der Waals surface area contributed by atoms with E-state index < -0.39 is 48.7 Å². The standard InChI is InChI=1S/C20H25N3O9/c1-29-13-7-11(8-14(30-2)18(13)32-4)19(27)22-12-5-6-16(25)23(20(12)28)10-15(24)21-9-17(26)31-3/h7-8,12H,5-6,9-10H2,1-4H3,(H,21,24)(H,22,27)/t12-/m0/s1. The van der Waals surface area contributed by atoms with Crippen LogP contribution in [0.15, 0.2) is 12.1 Å². The number of likely N-dealkylation sites (tertiary alicyclic amines) is 1. The lowest BCUT2D eigenvalue weighted by molar-refractivity contribution is -0.152. The number of amides is 4. The number of carbonyl (C=O) groups is 5. The van der Waals surface area contributed by atoms with Crippen molar-refractivity contribution in [3.8, 4) is 17.2 Å². The van der Waals surface area contributed by atoms with E-state index in [-0.39, 0.29) is 29.9 Å². The first-order valence-electron chi connectivity index (χ1n) is 9.54. The van der Waals surface area contributed by atoms with E-state index in [1.54, 1.807) is 0 Å². The average Bonchev–Trinajstić information content (AvgIpc) is 2.80. The van der Waals surface area contributed by atoms with Gasteiger partial charge in [-0.05, 0) is 18.6 Å². The van der Waals surface area contributed by atoms with Crippen LogP contribution in [-0.4, -0.2) is 82.1 Å². The van der Waals surface area contributed by atoms with Crippen LogP contribution in [0.5, 0.6) is 17.2 Å². The highest BCUT2D eigenvalue weighted by Crippen LogP contribution is 2.38. The van der Waals surface area contributed by atoms with Crippen LogP contribution >= 0.6 is 0 Å². The maximum Gasteiger partial charge on any atom is 0.325 e. The third kappa shape index (κ3) is 5.65. The summed E-state index contributed by atoms with van der Waals surface area (Å²) in [5, 5.41) is 4.82. The first-order valence-corrected chi connectivity index (χ1v) is 9.54. The van der Waals surface area contributed by atoms with Crippen molar-refractivity contribution in [1.82, 2.24) is 15.5 Å². The zero-order chi connectivity index (χ0) is 23.8. The van der Waals surface area contributed by atoms with Gasteiger partial charge in [0.15, 0.2) is 11.5 Å². The summed E-state index contributed by atoms with van der Waals surface area (Å²) in [7, 11) is 5.39. The maximum atomic E-state index is 12.8. The van der Waals surface area contributed by atoms with Gasteiger partial charge in [0.2, 0.25) is 17.6 Å². The second kappa shape index (κ2) is 11.0. The monoisotopic (exact) mass is 451 g/mol. The van der Waals surface area contributed by atoms with Gasteiger partial charge in [0.25, 0.3) is 11.8 Å². The molecule has 1 aliphatic rings. The third-order valence-electron chi connectivity index (χ3n) is 4.70. The molecule has 2 rings (SSSR count). The molecule has 2 N–H and O–H groups in total. The van der Waals surface area contributed by atoms with E-state index in [0.717, 1.165) is 12.0 Å². The Morgan fingerprint density at radius 2 is 1.66 bits per heavy atom. The number of rotatable bonds is 9. The summed E-state index contributed by atoms with van der Waals surface area (Å²) in [6.45, 7) is -0.974. The van der Waals surface area contributed by atoms with Gasteiger partial charge in [-0.3, -0.25) is 28.9 Å². The summed E-state index contributed by atoms with van der Waals surface area (Å²) in [6.07, 6.45) is 0.0321. The highest BCUT2D eigenvalue weighted by atomic mass is 16.5. The first-order chi connectivity index (χ1) is 15.2. The Morgan fingerprint density at radius 1 is 1.03 bits per heavy atom. The van der Waals surface area contributed by atoms with E-state index in [9.17, 15) is 24.0 Å². The van der Waals surface area contributed by atoms with Crippen molar-refractivity contribution in [1.29, 1.82) is 0 Å². The smallest absolute Gasteiger partial charge is 0.325 e. The third-order valence-corrected chi connectivity index (χ3v) is 4.70. The van der Waals surface area contributed by atoms with Crippen molar-refractivity contribution in [2.45, 2.75) is 18.9 Å². The van der Waals surface area contributed by atoms with Crippen molar-refractivity contribution < 1.29 is 42.9 Å². The summed E-state index contributed by atoms with van der Waals surface area (Å²) in [4.78, 5) is 61.5. The fraction of sp³-hybridized carbons (Fsp3) is 0.450. The van der Waals surface area contributed by atoms with Crippen LogP contribution in [0, 0.1) is 0 Å². The first kappa shape index (κ1) is 24.4. The SMILES string of the molecule is COC(=O)CNC(=O)CN1C(=O)CC[C@H](NC(=O)c2cc(OC)c(OC)c(OC)c2)C1=O. The topological polar surface area (TPSA) is 150 Å². The summed E-state index contributed by atoms with van der Waals surface area (Å²) in [5.74, 6) is -2.46. The number of benzene rings is 1. The molecule has 32 heavy (non-hydrogen) atoms. The van der Waals surface area contributed by atoms with Crippen molar-refractivity contribution in [2.24, 2.45) is 0 Å². The van der Waals surface area contributed by atoms with Crippen LogP contribution in [-0.2, 0) is 23.9 Å². The Hall–Kier alpha value is -3.83. The Labute approximate surface area is 184 Å². The van der Waals surface area contributed by atoms with Gasteiger partial charge in [-0.1, -0.05) is 0 Å². The van der Waals surface area contributed by atoms with Gasteiger partial charge in [0.1, 0.15) is 19.1 Å². The van der Waals surface area contributed by atoms with Crippen LogP contribution < -0.4 is 24.8 Å². The second-order valence-electron chi connectivity index (χ2n) is 6.65. The molecular weight excluding hydrogens is 426 g/mol. The molecule has 0 spiro atoms. The number of methoxy groups -OCH3 is 4. The van der Waals surface area contributed by atoms with Gasteiger partial charge >= 0.3 is 5.97 Å². The predicted octanol–water partition coefficient (Wildman–Crippen LogP) is -0.751. The number of hydrogen-bond acceptors (Lipinski definition) is 9. The van der Waals surface area contributed by atoms with Crippen molar-refractivity contribution in [3.05, 3.63) is 17.7 Å². The van der Waals surface area contributed by atoms with Crippen LogP contribution in [0.4, 0.5) is 0 Å². The van der Waals surface area contributed by atoms with Crippen LogP contribution in [0.25, 0.3) is 0 Å². The molecule has 1 atom stereocenters. The number of nitrogens with zero attached hydrogens (tertiary/aromatic N) is 1. The molecule has 1 heterocycles. The molecule has 0 aliphatic carbocycles. The number of nitrogens with one attached hydrogen (secondary N) is 2. The average molecular weight is 451 g/mol. The highest BCUT2D eigenvalue weighted by Gasteiger charge is 2.36. The minimum absolute atomic E-state index is 0.0454. The zero-order valence-corrected chi connectivity index (χ0v) is 18.2. The molecule has 1 saturated heterocycles. The van der Waals surface area contributed by atoms with Gasteiger partial charge in [0, 0.05) is 12.0 Å². The number of piperidine rings is 1. The maximum absolute atomic E-state index is 12.8. The fourth-order valence-corrected chi connectivity index (χ4v) is 3.03. The number of ether oxygens (including phenoxy) is 4. The highest BCUT2D eigenvalue weighted by molar-refractivity contribution is 6.06. The molecule has 0 radical (unpaired) electrons. The van der Waals surface area contributed by atoms with Crippen molar-refractivity contribution in [3.63, 3.8) is 0 Å². The molecule has 0 saturated carbocycles. The van der Waals surface area contributed by atoms with Crippen molar-refractivity contribution in [2.75, 3.05) is 41.5 Å². The number of carbonyl (C=O) groups excluding carboxylic acids is 5. The van der Waals surface area contributed by atoms with E-state index in [1.165, 1.54) is 33.5 Å². The molecule has 174 valence electrons. The van der Waals surface area contributed by atoms with Gasteiger partial charge < -0.3 is 29.6 Å². The summed E-state index contributed by atoms with van der Waals surface area (Å²) < 4.78 is 20.1. The minimum atomic E-state index is -1.02. The van der Waals surface area contributed by atoms with Gasteiger partial charge in [-0.25, -0.2) is 0 Å². The molecule has 4 amide bonds. The molecule has 1 aromatic carbocycles. The number of imide groups is 1. The predicted molar refractivity (Wildman–Crippen MR) is 108 cm³/mol. The Morgan fingerprint density at radius 3 is 2.19 bits per heavy atom. The molecule has 1 fully saturated rings. The van der Waals surface area contributed by atoms with E-state index in [0.29, 0.717) is 5.75 Å². The van der Waals surface area contributed by atoms with Crippen LogP contribution in [0.1, 0.15) is 23.2 Å². The summed E-state index contributed by atoms with van der Waals surface area (Å²) in [6, 6.07) is 1.83. The van der Waals surface area contributed by atoms with Gasteiger partial charge in [-0.2, -0.15) is 0 Å². The van der Waals surface area contributed by atoms with E-state index in [4.69, 9.17) is 14.2 Å². The lowest BCUT2D eigenvalue weighted by Crippen LogP contribution is -2.56. The Balaban J connectivity index is 2.11. The largest absolute Gasteiger partial charge is 0.493 e. The lowest BCUT2D eigenvalue weighted by Gasteiger charge is -2.30. The molecule has 0 aromatic heterocycles. The van der Waals surface area contributed by atoms with E-state index >= 15 is 0 Å². The molecule has 0 bridgehead atoms. The van der Waals surface area contributed by atoms with Crippen LogP contribution in [0.3, 0.4) is 0 Å².